The van der Waals surface area contributed by atoms with Crippen molar-refractivity contribution in [2.45, 2.75) is 40.7 Å². The van der Waals surface area contributed by atoms with Gasteiger partial charge in [0.1, 0.15) is 16.0 Å². The Morgan fingerprint density at radius 1 is 1.42 bits per heavy atom. The van der Waals surface area contributed by atoms with Crippen LogP contribution in [0.25, 0.3) is 0 Å². The monoisotopic (exact) mass is 285 g/mol. The summed E-state index contributed by atoms with van der Waals surface area (Å²) in [6.45, 7) is 9.68. The fourth-order valence-corrected chi connectivity index (χ4v) is 2.94. The Bertz CT molecular complexity index is 456. The van der Waals surface area contributed by atoms with Crippen molar-refractivity contribution < 1.29 is 19.4 Å². The van der Waals surface area contributed by atoms with Crippen molar-refractivity contribution in [3.05, 3.63) is 15.6 Å². The van der Waals surface area contributed by atoms with E-state index in [4.69, 9.17) is 9.84 Å². The average Bonchev–Trinajstić information content (AvgIpc) is 2.68. The Morgan fingerprint density at radius 2 is 2.00 bits per heavy atom. The van der Waals surface area contributed by atoms with E-state index in [-0.39, 0.29) is 27.9 Å². The van der Waals surface area contributed by atoms with Gasteiger partial charge in [0.15, 0.2) is 11.5 Å². The second kappa shape index (κ2) is 5.79. The Kier molecular flexibility index (Phi) is 4.81. The number of carboxylic acid groups (broad SMARTS) is 1. The van der Waals surface area contributed by atoms with Gasteiger partial charge in [-0.15, -0.1) is 11.3 Å². The number of nitrogens with zero attached hydrogens (tertiary/aromatic N) is 1. The standard InChI is InChI=1S/C13H19NO4S/c1-6-18-10(13(3,4)5)11-14-8(12(16)17)9(19-11)7(2)15/h10H,6H2,1-5H3,(H,16,17). The fourth-order valence-electron chi connectivity index (χ4n) is 1.69. The van der Waals surface area contributed by atoms with Crippen LogP contribution in [0.5, 0.6) is 0 Å². The van der Waals surface area contributed by atoms with Crippen molar-refractivity contribution in [2.75, 3.05) is 6.61 Å². The molecule has 0 fully saturated rings. The smallest absolute Gasteiger partial charge is 0.356 e. The molecule has 6 heteroatoms. The second-order valence-corrected chi connectivity index (χ2v) is 6.32. The van der Waals surface area contributed by atoms with E-state index < -0.39 is 5.97 Å². The highest BCUT2D eigenvalue weighted by molar-refractivity contribution is 7.14. The number of carbonyl (C=O) groups excluding carboxylic acids is 1. The summed E-state index contributed by atoms with van der Waals surface area (Å²) < 4.78 is 5.66. The fraction of sp³-hybridized carbons (Fsp3) is 0.615. The first-order valence-corrected chi connectivity index (χ1v) is 6.86. The van der Waals surface area contributed by atoms with Crippen LogP contribution in [0.2, 0.25) is 0 Å². The van der Waals surface area contributed by atoms with Gasteiger partial charge in [0, 0.05) is 13.5 Å². The van der Waals surface area contributed by atoms with Crippen LogP contribution >= 0.6 is 11.3 Å². The molecule has 5 nitrogen and oxygen atoms in total. The molecular formula is C13H19NO4S. The molecule has 0 aliphatic carbocycles. The molecule has 0 saturated heterocycles. The number of rotatable bonds is 5. The van der Waals surface area contributed by atoms with Gasteiger partial charge in [-0.05, 0) is 12.3 Å². The Hall–Kier alpha value is -1.27. The zero-order chi connectivity index (χ0) is 14.8. The van der Waals surface area contributed by atoms with Gasteiger partial charge in [-0.2, -0.15) is 0 Å². The summed E-state index contributed by atoms with van der Waals surface area (Å²) in [6, 6.07) is 0. The SMILES string of the molecule is CCOC(c1nc(C(=O)O)c(C(C)=O)s1)C(C)(C)C. The summed E-state index contributed by atoms with van der Waals surface area (Å²) in [5, 5.41) is 9.63. The topological polar surface area (TPSA) is 76.5 Å². The first kappa shape index (κ1) is 15.8. The van der Waals surface area contributed by atoms with E-state index >= 15 is 0 Å². The summed E-state index contributed by atoms with van der Waals surface area (Å²) in [7, 11) is 0. The number of carbonyl (C=O) groups is 2. The quantitative estimate of drug-likeness (QED) is 0.841. The molecule has 0 bridgehead atoms. The van der Waals surface area contributed by atoms with Gasteiger partial charge in [-0.3, -0.25) is 4.79 Å². The molecule has 0 amide bonds. The third kappa shape index (κ3) is 3.61. The van der Waals surface area contributed by atoms with Crippen LogP contribution in [0, 0.1) is 5.41 Å². The molecule has 0 aliphatic heterocycles. The molecule has 0 radical (unpaired) electrons. The minimum absolute atomic E-state index is 0.177. The zero-order valence-electron chi connectivity index (χ0n) is 11.8. The van der Waals surface area contributed by atoms with Crippen molar-refractivity contribution in [1.82, 2.24) is 4.98 Å². The van der Waals surface area contributed by atoms with Crippen LogP contribution in [0.4, 0.5) is 0 Å². The molecule has 0 aromatic carbocycles. The molecule has 0 aliphatic rings. The molecule has 0 saturated carbocycles. The van der Waals surface area contributed by atoms with Gasteiger partial charge in [-0.1, -0.05) is 20.8 Å². The van der Waals surface area contributed by atoms with Gasteiger partial charge < -0.3 is 9.84 Å². The molecule has 0 spiro atoms. The van der Waals surface area contributed by atoms with Crippen LogP contribution in [0.15, 0.2) is 0 Å². The number of hydrogen-bond donors (Lipinski definition) is 1. The normalized spacial score (nSPS) is 13.3. The number of ketones is 1. The number of carboxylic acids is 1. The lowest BCUT2D eigenvalue weighted by atomic mass is 9.89. The maximum Gasteiger partial charge on any atom is 0.356 e. The highest BCUT2D eigenvalue weighted by atomic mass is 32.1. The van der Waals surface area contributed by atoms with E-state index in [0.29, 0.717) is 11.6 Å². The van der Waals surface area contributed by atoms with E-state index in [1.165, 1.54) is 6.92 Å². The van der Waals surface area contributed by atoms with Crippen LogP contribution in [0.3, 0.4) is 0 Å². The van der Waals surface area contributed by atoms with E-state index in [0.717, 1.165) is 11.3 Å². The van der Waals surface area contributed by atoms with E-state index in [1.807, 2.05) is 27.7 Å². The summed E-state index contributed by atoms with van der Waals surface area (Å²) in [5.41, 5.74) is -0.404. The van der Waals surface area contributed by atoms with Crippen LogP contribution < -0.4 is 0 Å². The molecule has 106 valence electrons. The van der Waals surface area contributed by atoms with Crippen LogP contribution in [-0.4, -0.2) is 28.4 Å². The van der Waals surface area contributed by atoms with Crippen molar-refractivity contribution in [3.63, 3.8) is 0 Å². The largest absolute Gasteiger partial charge is 0.476 e. The van der Waals surface area contributed by atoms with Gasteiger partial charge >= 0.3 is 5.97 Å². The number of aromatic nitrogens is 1. The summed E-state index contributed by atoms with van der Waals surface area (Å²) in [4.78, 5) is 26.9. The van der Waals surface area contributed by atoms with Crippen molar-refractivity contribution in [1.29, 1.82) is 0 Å². The van der Waals surface area contributed by atoms with Crippen molar-refractivity contribution in [2.24, 2.45) is 5.41 Å². The highest BCUT2D eigenvalue weighted by Gasteiger charge is 2.32. The van der Waals surface area contributed by atoms with Gasteiger partial charge in [-0.25, -0.2) is 9.78 Å². The predicted octanol–water partition coefficient (Wildman–Crippen LogP) is 3.17. The lowest BCUT2D eigenvalue weighted by molar-refractivity contribution is -0.0134. The van der Waals surface area contributed by atoms with Gasteiger partial charge in [0.05, 0.1) is 0 Å². The maximum absolute atomic E-state index is 11.5. The molecule has 1 N–H and O–H groups in total. The van der Waals surface area contributed by atoms with E-state index in [9.17, 15) is 9.59 Å². The highest BCUT2D eigenvalue weighted by Crippen LogP contribution is 2.38. The minimum atomic E-state index is -1.18. The number of aromatic carboxylic acids is 1. The predicted molar refractivity (Wildman–Crippen MR) is 72.9 cm³/mol. The molecule has 1 unspecified atom stereocenters. The Morgan fingerprint density at radius 3 is 2.32 bits per heavy atom. The number of thiazole rings is 1. The third-order valence-corrected chi connectivity index (χ3v) is 3.71. The lowest BCUT2D eigenvalue weighted by Gasteiger charge is -2.28. The van der Waals surface area contributed by atoms with Crippen molar-refractivity contribution >= 4 is 23.1 Å². The Balaban J connectivity index is 3.29. The molecule has 1 atom stereocenters. The molecule has 1 aromatic heterocycles. The number of hydrogen-bond acceptors (Lipinski definition) is 5. The van der Waals surface area contributed by atoms with Gasteiger partial charge in [0.25, 0.3) is 0 Å². The van der Waals surface area contributed by atoms with Crippen LogP contribution in [0.1, 0.15) is 65.9 Å². The molecular weight excluding hydrogens is 266 g/mol. The van der Waals surface area contributed by atoms with E-state index in [1.54, 1.807) is 0 Å². The lowest BCUT2D eigenvalue weighted by Crippen LogP contribution is -2.21. The second-order valence-electron chi connectivity index (χ2n) is 5.29. The molecule has 19 heavy (non-hydrogen) atoms. The number of ether oxygens (including phenoxy) is 1. The molecule has 1 rings (SSSR count). The van der Waals surface area contributed by atoms with Gasteiger partial charge in [0.2, 0.25) is 0 Å². The summed E-state index contributed by atoms with van der Waals surface area (Å²) >= 11 is 1.10. The average molecular weight is 285 g/mol. The first-order chi connectivity index (χ1) is 8.68. The Labute approximate surface area is 116 Å². The van der Waals surface area contributed by atoms with E-state index in [2.05, 4.69) is 4.98 Å². The first-order valence-electron chi connectivity index (χ1n) is 6.05. The third-order valence-electron chi connectivity index (χ3n) is 2.51. The van der Waals surface area contributed by atoms with Crippen molar-refractivity contribution in [3.8, 4) is 0 Å². The number of Topliss-reactive ketones (excluding diaryl/α,β-unsaturated/α-hetero) is 1. The summed E-state index contributed by atoms with van der Waals surface area (Å²) in [6.07, 6.45) is -0.325. The minimum Gasteiger partial charge on any atom is -0.476 e. The van der Waals surface area contributed by atoms with Crippen LogP contribution in [-0.2, 0) is 4.74 Å². The molecule has 1 heterocycles. The molecule has 1 aromatic rings. The zero-order valence-corrected chi connectivity index (χ0v) is 12.6. The summed E-state index contributed by atoms with van der Waals surface area (Å²) in [5.74, 6) is -1.47. The maximum atomic E-state index is 11.5.